The van der Waals surface area contributed by atoms with E-state index < -0.39 is 0 Å². The smallest absolute Gasteiger partial charge is 0.315 e. The van der Waals surface area contributed by atoms with Gasteiger partial charge < -0.3 is 15.2 Å². The molecule has 3 heterocycles. The van der Waals surface area contributed by atoms with Crippen LogP contribution >= 0.6 is 0 Å². The van der Waals surface area contributed by atoms with Crippen molar-refractivity contribution in [1.82, 2.24) is 35.5 Å². The van der Waals surface area contributed by atoms with E-state index in [-0.39, 0.29) is 18.0 Å². The highest BCUT2D eigenvalue weighted by Gasteiger charge is 2.24. The summed E-state index contributed by atoms with van der Waals surface area (Å²) in [6, 6.07) is -0.271. The molecule has 0 fully saturated rings. The average molecular weight is 347 g/mol. The van der Waals surface area contributed by atoms with Gasteiger partial charge in [0.15, 0.2) is 5.82 Å². The molecule has 0 unspecified atom stereocenters. The van der Waals surface area contributed by atoms with Crippen molar-refractivity contribution in [3.05, 3.63) is 23.4 Å². The van der Waals surface area contributed by atoms with Gasteiger partial charge in [-0.15, -0.1) is 0 Å². The first kappa shape index (κ1) is 17.4. The maximum atomic E-state index is 12.1. The molecular weight excluding hydrogens is 322 g/mol. The summed E-state index contributed by atoms with van der Waals surface area (Å²) in [6.07, 6.45) is 3.26. The van der Waals surface area contributed by atoms with Crippen LogP contribution in [0.4, 0.5) is 4.79 Å². The molecule has 2 aromatic rings. The first-order valence-corrected chi connectivity index (χ1v) is 8.81. The first-order chi connectivity index (χ1) is 12.0. The van der Waals surface area contributed by atoms with Crippen molar-refractivity contribution in [2.24, 2.45) is 0 Å². The Kier molecular flexibility index (Phi) is 5.30. The molecule has 25 heavy (non-hydrogen) atoms. The molecule has 0 spiro atoms. The van der Waals surface area contributed by atoms with Gasteiger partial charge in [-0.2, -0.15) is 10.1 Å². The van der Waals surface area contributed by atoms with Crippen molar-refractivity contribution in [1.29, 1.82) is 0 Å². The number of nitrogens with one attached hydrogen (secondary N) is 2. The van der Waals surface area contributed by atoms with Crippen molar-refractivity contribution >= 4 is 6.03 Å². The number of urea groups is 1. The van der Waals surface area contributed by atoms with Crippen LogP contribution in [0.1, 0.15) is 68.4 Å². The van der Waals surface area contributed by atoms with Crippen LogP contribution in [0.2, 0.25) is 0 Å². The molecule has 3 rings (SSSR count). The third kappa shape index (κ3) is 4.34. The molecule has 9 nitrogen and oxygen atoms in total. The summed E-state index contributed by atoms with van der Waals surface area (Å²) in [6.45, 7) is 7.31. The number of amides is 2. The number of aryl methyl sites for hydroxylation is 3. The van der Waals surface area contributed by atoms with E-state index >= 15 is 0 Å². The molecule has 2 N–H and O–H groups in total. The summed E-state index contributed by atoms with van der Waals surface area (Å²) in [5.41, 5.74) is 0. The number of rotatable bonds is 6. The van der Waals surface area contributed by atoms with E-state index in [2.05, 4.69) is 30.9 Å². The molecular formula is C16H25N7O2. The molecule has 0 saturated carbocycles. The van der Waals surface area contributed by atoms with Gasteiger partial charge >= 0.3 is 6.03 Å². The third-order valence-electron chi connectivity index (χ3n) is 4.14. The zero-order valence-corrected chi connectivity index (χ0v) is 14.9. The number of carbonyl (C=O) groups is 1. The van der Waals surface area contributed by atoms with Gasteiger partial charge in [-0.05, 0) is 26.2 Å². The van der Waals surface area contributed by atoms with Gasteiger partial charge in [0.2, 0.25) is 5.89 Å². The topological polar surface area (TPSA) is 111 Å². The predicted molar refractivity (Wildman–Crippen MR) is 90.0 cm³/mol. The molecule has 2 aromatic heterocycles. The van der Waals surface area contributed by atoms with Crippen LogP contribution in [0.15, 0.2) is 4.52 Å². The molecule has 0 radical (unpaired) electrons. The van der Waals surface area contributed by atoms with E-state index in [1.807, 2.05) is 25.5 Å². The van der Waals surface area contributed by atoms with Crippen LogP contribution in [0, 0.1) is 6.92 Å². The molecule has 0 bridgehead atoms. The van der Waals surface area contributed by atoms with Gasteiger partial charge in [0.25, 0.3) is 0 Å². The largest absolute Gasteiger partial charge is 0.339 e. The lowest BCUT2D eigenvalue weighted by Gasteiger charge is -2.23. The number of fused-ring (bicyclic) bond motifs is 1. The zero-order valence-electron chi connectivity index (χ0n) is 14.9. The predicted octanol–water partition coefficient (Wildman–Crippen LogP) is 1.86. The maximum Gasteiger partial charge on any atom is 0.315 e. The number of nitrogens with zero attached hydrogens (tertiary/aromatic N) is 5. The SMILES string of the molecule is Cc1nc2n(n1)CCC[C@@H]2NC(=O)NCCCc1nc(C(C)C)no1. The summed E-state index contributed by atoms with van der Waals surface area (Å²) in [4.78, 5) is 20.8. The molecule has 9 heteroatoms. The van der Waals surface area contributed by atoms with Crippen LogP contribution in [0.3, 0.4) is 0 Å². The summed E-state index contributed by atoms with van der Waals surface area (Å²) in [7, 11) is 0. The second-order valence-corrected chi connectivity index (χ2v) is 6.64. The molecule has 0 saturated heterocycles. The number of carbonyl (C=O) groups excluding carboxylic acids is 1. The normalized spacial score (nSPS) is 16.7. The van der Waals surface area contributed by atoms with E-state index in [9.17, 15) is 4.79 Å². The number of hydrogen-bond donors (Lipinski definition) is 2. The Morgan fingerprint density at radius 1 is 1.40 bits per heavy atom. The minimum absolute atomic E-state index is 0.0838. The van der Waals surface area contributed by atoms with Crippen LogP contribution in [-0.2, 0) is 13.0 Å². The van der Waals surface area contributed by atoms with Crippen molar-refractivity contribution in [2.75, 3.05) is 6.54 Å². The molecule has 0 aromatic carbocycles. The zero-order chi connectivity index (χ0) is 17.8. The van der Waals surface area contributed by atoms with Gasteiger partial charge in [0.05, 0.1) is 6.04 Å². The van der Waals surface area contributed by atoms with Crippen molar-refractivity contribution in [2.45, 2.75) is 65.0 Å². The maximum absolute atomic E-state index is 12.1. The fourth-order valence-corrected chi connectivity index (χ4v) is 2.86. The Hall–Kier alpha value is -2.45. The molecule has 1 aliphatic heterocycles. The lowest BCUT2D eigenvalue weighted by Crippen LogP contribution is -2.40. The monoisotopic (exact) mass is 347 g/mol. The second-order valence-electron chi connectivity index (χ2n) is 6.64. The Morgan fingerprint density at radius 2 is 2.24 bits per heavy atom. The minimum Gasteiger partial charge on any atom is -0.339 e. The van der Waals surface area contributed by atoms with Gasteiger partial charge in [-0.3, -0.25) is 0 Å². The van der Waals surface area contributed by atoms with E-state index in [0.717, 1.165) is 43.3 Å². The van der Waals surface area contributed by atoms with E-state index in [1.54, 1.807) is 0 Å². The lowest BCUT2D eigenvalue weighted by molar-refractivity contribution is 0.232. The average Bonchev–Trinajstić information content (AvgIpc) is 3.18. The van der Waals surface area contributed by atoms with Gasteiger partial charge in [0, 0.05) is 25.4 Å². The van der Waals surface area contributed by atoms with E-state index in [1.165, 1.54) is 0 Å². The van der Waals surface area contributed by atoms with Crippen molar-refractivity contribution in [3.63, 3.8) is 0 Å². The molecule has 2 amide bonds. The Balaban J connectivity index is 1.41. The molecule has 1 atom stereocenters. The first-order valence-electron chi connectivity index (χ1n) is 8.81. The summed E-state index contributed by atoms with van der Waals surface area (Å²) >= 11 is 0. The molecule has 0 aliphatic carbocycles. The summed E-state index contributed by atoms with van der Waals surface area (Å²) in [5, 5.41) is 14.1. The second kappa shape index (κ2) is 7.62. The Morgan fingerprint density at radius 3 is 3.00 bits per heavy atom. The summed E-state index contributed by atoms with van der Waals surface area (Å²) < 4.78 is 7.07. The number of hydrogen-bond acceptors (Lipinski definition) is 6. The van der Waals surface area contributed by atoms with E-state index in [0.29, 0.717) is 18.9 Å². The fraction of sp³-hybridized carbons (Fsp3) is 0.688. The quantitative estimate of drug-likeness (QED) is 0.772. The summed E-state index contributed by atoms with van der Waals surface area (Å²) in [5.74, 6) is 3.16. The van der Waals surface area contributed by atoms with Crippen LogP contribution in [-0.4, -0.2) is 37.5 Å². The van der Waals surface area contributed by atoms with Crippen LogP contribution in [0.5, 0.6) is 0 Å². The third-order valence-corrected chi connectivity index (χ3v) is 4.14. The molecule has 136 valence electrons. The molecule has 1 aliphatic rings. The highest BCUT2D eigenvalue weighted by Crippen LogP contribution is 2.22. The van der Waals surface area contributed by atoms with Gasteiger partial charge in [-0.25, -0.2) is 14.5 Å². The lowest BCUT2D eigenvalue weighted by atomic mass is 10.1. The van der Waals surface area contributed by atoms with Gasteiger partial charge in [-0.1, -0.05) is 19.0 Å². The minimum atomic E-state index is -0.187. The van der Waals surface area contributed by atoms with Crippen LogP contribution in [0.25, 0.3) is 0 Å². The Bertz CT molecular complexity index is 722. The highest BCUT2D eigenvalue weighted by molar-refractivity contribution is 5.74. The Labute approximate surface area is 146 Å². The van der Waals surface area contributed by atoms with Crippen molar-refractivity contribution in [3.8, 4) is 0 Å². The van der Waals surface area contributed by atoms with E-state index in [4.69, 9.17) is 4.52 Å². The highest BCUT2D eigenvalue weighted by atomic mass is 16.5. The number of aromatic nitrogens is 5. The fourth-order valence-electron chi connectivity index (χ4n) is 2.86. The van der Waals surface area contributed by atoms with Crippen LogP contribution < -0.4 is 10.6 Å². The standard InChI is InChI=1S/C16H25N7O2/c1-10(2)14-20-13(25-22-14)7-4-8-17-16(24)19-12-6-5-9-23-15(12)18-11(3)21-23/h10,12H,4-9H2,1-3H3,(H2,17,19,24)/t12-/m0/s1. The van der Waals surface area contributed by atoms with Crippen molar-refractivity contribution < 1.29 is 9.32 Å². The van der Waals surface area contributed by atoms with Gasteiger partial charge in [0.1, 0.15) is 11.6 Å².